The van der Waals surface area contributed by atoms with Gasteiger partial charge in [-0.2, -0.15) is 4.98 Å². The number of guanidine groups is 1. The largest absolute Gasteiger partial charge is 0.493 e. The van der Waals surface area contributed by atoms with E-state index in [9.17, 15) is 0 Å². The Kier molecular flexibility index (Phi) is 7.71. The molecular weight excluding hydrogens is 322 g/mol. The van der Waals surface area contributed by atoms with Crippen molar-refractivity contribution in [1.82, 2.24) is 15.5 Å². The lowest BCUT2D eigenvalue weighted by Crippen LogP contribution is -2.32. The number of methoxy groups -OCH3 is 1. The molecule has 1 heterocycles. The number of hydrogen-bond acceptors (Lipinski definition) is 6. The van der Waals surface area contributed by atoms with Crippen molar-refractivity contribution >= 4 is 11.6 Å². The summed E-state index contributed by atoms with van der Waals surface area (Å²) >= 11 is 0. The van der Waals surface area contributed by atoms with Crippen molar-refractivity contribution in [3.8, 4) is 5.75 Å². The van der Waals surface area contributed by atoms with E-state index in [2.05, 4.69) is 25.8 Å². The summed E-state index contributed by atoms with van der Waals surface area (Å²) in [5.74, 6) is 2.71. The van der Waals surface area contributed by atoms with Gasteiger partial charge in [-0.15, -0.1) is 0 Å². The summed E-state index contributed by atoms with van der Waals surface area (Å²) in [6.07, 6.45) is 1.48. The molecule has 0 saturated carbocycles. The number of hydrogen-bond donors (Lipinski definition) is 2. The number of benzene rings is 1. The van der Waals surface area contributed by atoms with Crippen LogP contribution in [0.5, 0.6) is 5.75 Å². The van der Waals surface area contributed by atoms with Crippen molar-refractivity contribution in [3.05, 3.63) is 36.0 Å². The van der Waals surface area contributed by atoms with Crippen molar-refractivity contribution in [1.29, 1.82) is 0 Å². The van der Waals surface area contributed by atoms with Gasteiger partial charge >= 0.3 is 0 Å². The number of aryl methyl sites for hydroxylation is 1. The minimum Gasteiger partial charge on any atom is -0.493 e. The molecule has 8 nitrogen and oxygen atoms in total. The van der Waals surface area contributed by atoms with Crippen LogP contribution in [0.4, 0.5) is 5.69 Å². The Morgan fingerprint density at radius 1 is 1.32 bits per heavy atom. The number of aliphatic imine (C=N–C) groups is 1. The van der Waals surface area contributed by atoms with E-state index in [-0.39, 0.29) is 0 Å². The molecule has 2 N–H and O–H groups in total. The molecule has 0 fully saturated rings. The van der Waals surface area contributed by atoms with E-state index in [4.69, 9.17) is 14.0 Å². The van der Waals surface area contributed by atoms with Crippen molar-refractivity contribution in [3.63, 3.8) is 0 Å². The second-order valence-electron chi connectivity index (χ2n) is 5.33. The zero-order valence-electron chi connectivity index (χ0n) is 14.9. The summed E-state index contributed by atoms with van der Waals surface area (Å²) in [5, 5.41) is 10.2. The van der Waals surface area contributed by atoms with Crippen LogP contribution < -0.4 is 15.4 Å². The molecule has 25 heavy (non-hydrogen) atoms. The smallest absolute Gasteiger partial charge is 0.228 e. The van der Waals surface area contributed by atoms with Crippen LogP contribution in [0.1, 0.15) is 18.1 Å². The Bertz CT molecular complexity index is 672. The third-order valence-electron chi connectivity index (χ3n) is 3.28. The second-order valence-corrected chi connectivity index (χ2v) is 5.33. The van der Waals surface area contributed by atoms with Gasteiger partial charge in [0.15, 0.2) is 11.8 Å². The fourth-order valence-corrected chi connectivity index (χ4v) is 2.10. The van der Waals surface area contributed by atoms with E-state index in [0.717, 1.165) is 17.9 Å². The summed E-state index contributed by atoms with van der Waals surface area (Å²) in [4.78, 5) is 8.37. The molecule has 2 aromatic rings. The molecule has 0 aliphatic heterocycles. The molecule has 0 amide bonds. The highest BCUT2D eigenvalue weighted by molar-refractivity contribution is 5.93. The second kappa shape index (κ2) is 10.3. The maximum Gasteiger partial charge on any atom is 0.228 e. The quantitative estimate of drug-likeness (QED) is 0.407. The SMILES string of the molecule is CN=C(NCCc1nc(C)no1)Nc1cccc(OCCCOC)c1. The summed E-state index contributed by atoms with van der Waals surface area (Å²) in [6, 6.07) is 7.74. The normalized spacial score (nSPS) is 11.4. The first-order chi connectivity index (χ1) is 12.2. The minimum absolute atomic E-state index is 0.604. The Labute approximate surface area is 147 Å². The number of aromatic nitrogens is 2. The first-order valence-electron chi connectivity index (χ1n) is 8.20. The average molecular weight is 347 g/mol. The summed E-state index contributed by atoms with van der Waals surface area (Å²) in [5.41, 5.74) is 0.894. The monoisotopic (exact) mass is 347 g/mol. The Morgan fingerprint density at radius 3 is 2.92 bits per heavy atom. The Balaban J connectivity index is 1.79. The molecule has 2 rings (SSSR count). The van der Waals surface area contributed by atoms with E-state index >= 15 is 0 Å². The van der Waals surface area contributed by atoms with E-state index in [0.29, 0.717) is 43.9 Å². The molecule has 0 radical (unpaired) electrons. The molecule has 0 aliphatic rings. The molecule has 8 heteroatoms. The lowest BCUT2D eigenvalue weighted by molar-refractivity contribution is 0.172. The minimum atomic E-state index is 0.604. The lowest BCUT2D eigenvalue weighted by atomic mass is 10.3. The van der Waals surface area contributed by atoms with Crippen LogP contribution in [0.15, 0.2) is 33.8 Å². The van der Waals surface area contributed by atoms with Crippen molar-refractivity contribution in [2.45, 2.75) is 19.8 Å². The van der Waals surface area contributed by atoms with E-state index < -0.39 is 0 Å². The van der Waals surface area contributed by atoms with Crippen LogP contribution >= 0.6 is 0 Å². The van der Waals surface area contributed by atoms with E-state index in [1.54, 1.807) is 21.1 Å². The maximum absolute atomic E-state index is 5.70. The zero-order chi connectivity index (χ0) is 17.9. The van der Waals surface area contributed by atoms with Crippen LogP contribution in [0.25, 0.3) is 0 Å². The van der Waals surface area contributed by atoms with Crippen LogP contribution in [-0.2, 0) is 11.2 Å². The number of ether oxygens (including phenoxy) is 2. The molecule has 0 aliphatic carbocycles. The highest BCUT2D eigenvalue weighted by atomic mass is 16.5. The standard InChI is InChI=1S/C17H25N5O3/c1-13-20-16(25-22-13)8-9-19-17(18-2)21-14-6-4-7-15(12-14)24-11-5-10-23-3/h4,6-7,12H,5,8-11H2,1-3H3,(H2,18,19,21). The van der Waals surface area contributed by atoms with Gasteiger partial charge in [0.05, 0.1) is 6.61 Å². The molecule has 1 aromatic heterocycles. The molecule has 136 valence electrons. The van der Waals surface area contributed by atoms with Gasteiger partial charge in [0.2, 0.25) is 5.89 Å². The van der Waals surface area contributed by atoms with Crippen molar-refractivity contribution in [2.75, 3.05) is 39.2 Å². The van der Waals surface area contributed by atoms with Gasteiger partial charge in [0, 0.05) is 51.9 Å². The summed E-state index contributed by atoms with van der Waals surface area (Å²) in [6.45, 7) is 3.74. The van der Waals surface area contributed by atoms with Crippen LogP contribution in [-0.4, -0.2) is 50.0 Å². The fourth-order valence-electron chi connectivity index (χ4n) is 2.10. The topological polar surface area (TPSA) is 93.8 Å². The van der Waals surface area contributed by atoms with Gasteiger partial charge < -0.3 is 24.6 Å². The predicted octanol–water partition coefficient (Wildman–Crippen LogP) is 2.02. The molecule has 0 spiro atoms. The van der Waals surface area contributed by atoms with E-state index in [1.165, 1.54) is 0 Å². The third-order valence-corrected chi connectivity index (χ3v) is 3.28. The molecule has 0 saturated heterocycles. The highest BCUT2D eigenvalue weighted by Crippen LogP contribution is 2.17. The number of nitrogens with zero attached hydrogens (tertiary/aromatic N) is 3. The van der Waals surface area contributed by atoms with Crippen molar-refractivity contribution < 1.29 is 14.0 Å². The molecule has 0 unspecified atom stereocenters. The Hall–Kier alpha value is -2.61. The third kappa shape index (κ3) is 6.80. The average Bonchev–Trinajstić information content (AvgIpc) is 3.03. The molecule has 0 bridgehead atoms. The zero-order valence-corrected chi connectivity index (χ0v) is 14.9. The predicted molar refractivity (Wildman–Crippen MR) is 96.2 cm³/mol. The van der Waals surface area contributed by atoms with Gasteiger partial charge in [-0.25, -0.2) is 0 Å². The molecular formula is C17H25N5O3. The first-order valence-corrected chi connectivity index (χ1v) is 8.20. The first kappa shape index (κ1) is 18.7. The van der Waals surface area contributed by atoms with Crippen LogP contribution in [0, 0.1) is 6.92 Å². The van der Waals surface area contributed by atoms with Gasteiger partial charge in [-0.1, -0.05) is 11.2 Å². The summed E-state index contributed by atoms with van der Waals surface area (Å²) in [7, 11) is 3.40. The highest BCUT2D eigenvalue weighted by Gasteiger charge is 2.04. The van der Waals surface area contributed by atoms with Gasteiger partial charge in [-0.3, -0.25) is 4.99 Å². The fraction of sp³-hybridized carbons (Fsp3) is 0.471. The number of rotatable bonds is 9. The van der Waals surface area contributed by atoms with Gasteiger partial charge in [0.25, 0.3) is 0 Å². The van der Waals surface area contributed by atoms with Gasteiger partial charge in [0.1, 0.15) is 5.75 Å². The number of nitrogens with one attached hydrogen (secondary N) is 2. The maximum atomic E-state index is 5.70. The van der Waals surface area contributed by atoms with Crippen molar-refractivity contribution in [2.24, 2.45) is 4.99 Å². The van der Waals surface area contributed by atoms with Crippen LogP contribution in [0.3, 0.4) is 0 Å². The summed E-state index contributed by atoms with van der Waals surface area (Å²) < 4.78 is 15.8. The molecule has 1 aromatic carbocycles. The lowest BCUT2D eigenvalue weighted by Gasteiger charge is -2.12. The molecule has 0 atom stereocenters. The Morgan fingerprint density at radius 2 is 2.20 bits per heavy atom. The van der Waals surface area contributed by atoms with Crippen LogP contribution in [0.2, 0.25) is 0 Å². The van der Waals surface area contributed by atoms with E-state index in [1.807, 2.05) is 24.3 Å². The number of anilines is 1. The van der Waals surface area contributed by atoms with Gasteiger partial charge in [-0.05, 0) is 19.1 Å².